The Morgan fingerprint density at radius 2 is 2.00 bits per heavy atom. The number of hydrogen-bond acceptors (Lipinski definition) is 2. The minimum atomic E-state index is 0.0847. The zero-order valence-electron chi connectivity index (χ0n) is 11.8. The van der Waals surface area contributed by atoms with E-state index in [1.165, 1.54) is 5.56 Å². The maximum atomic E-state index is 6.27. The molecule has 1 unspecified atom stereocenters. The maximum Gasteiger partial charge on any atom is 0.0625 e. The molecule has 2 aromatic rings. The molecule has 102 valence electrons. The monoisotopic (exact) mass is 257 g/mol. The summed E-state index contributed by atoms with van der Waals surface area (Å²) in [6.07, 6.45) is 4.16. The van der Waals surface area contributed by atoms with Crippen LogP contribution in [-0.2, 0) is 19.9 Å². The van der Waals surface area contributed by atoms with Crippen LogP contribution in [0.25, 0.3) is 0 Å². The summed E-state index contributed by atoms with van der Waals surface area (Å²) in [5, 5.41) is 4.45. The summed E-state index contributed by atoms with van der Waals surface area (Å²) in [6.45, 7) is 2.12. The minimum Gasteiger partial charge on any atom is -0.323 e. The van der Waals surface area contributed by atoms with Gasteiger partial charge in [-0.2, -0.15) is 5.10 Å². The Balaban J connectivity index is 1.87. The average molecular weight is 257 g/mol. The predicted octanol–water partition coefficient (Wildman–Crippen LogP) is 3.01. The van der Waals surface area contributed by atoms with Crippen LogP contribution in [0.1, 0.15) is 42.8 Å². The van der Waals surface area contributed by atoms with Gasteiger partial charge in [0.1, 0.15) is 0 Å². The van der Waals surface area contributed by atoms with Crippen molar-refractivity contribution in [2.75, 3.05) is 0 Å². The molecule has 0 aliphatic heterocycles. The van der Waals surface area contributed by atoms with Gasteiger partial charge >= 0.3 is 0 Å². The normalized spacial score (nSPS) is 12.6. The van der Waals surface area contributed by atoms with E-state index in [4.69, 9.17) is 5.73 Å². The molecule has 0 amide bonds. The van der Waals surface area contributed by atoms with Crippen molar-refractivity contribution in [3.05, 3.63) is 53.3 Å². The molecule has 1 atom stereocenters. The number of benzene rings is 1. The van der Waals surface area contributed by atoms with E-state index in [9.17, 15) is 0 Å². The van der Waals surface area contributed by atoms with Crippen LogP contribution in [0.3, 0.4) is 0 Å². The van der Waals surface area contributed by atoms with Gasteiger partial charge in [-0.05, 0) is 37.3 Å². The highest BCUT2D eigenvalue weighted by atomic mass is 15.3. The lowest BCUT2D eigenvalue weighted by Crippen LogP contribution is -2.14. The second-order valence-electron chi connectivity index (χ2n) is 5.02. The summed E-state index contributed by atoms with van der Waals surface area (Å²) in [5.41, 5.74) is 9.92. The average Bonchev–Trinajstić information content (AvgIpc) is 2.81. The van der Waals surface area contributed by atoms with E-state index in [1.807, 2.05) is 11.7 Å². The Morgan fingerprint density at radius 1 is 1.26 bits per heavy atom. The van der Waals surface area contributed by atoms with Crippen molar-refractivity contribution in [2.45, 2.75) is 38.6 Å². The van der Waals surface area contributed by atoms with E-state index >= 15 is 0 Å². The lowest BCUT2D eigenvalue weighted by Gasteiger charge is -2.11. The fourth-order valence-corrected chi connectivity index (χ4v) is 2.38. The van der Waals surface area contributed by atoms with E-state index in [-0.39, 0.29) is 6.04 Å². The van der Waals surface area contributed by atoms with Crippen LogP contribution in [0.5, 0.6) is 0 Å². The second kappa shape index (κ2) is 6.53. The van der Waals surface area contributed by atoms with Crippen LogP contribution in [0.2, 0.25) is 0 Å². The molecular formula is C16H23N3. The lowest BCUT2D eigenvalue weighted by molar-refractivity contribution is 0.559. The van der Waals surface area contributed by atoms with Gasteiger partial charge in [-0.25, -0.2) is 0 Å². The summed E-state index contributed by atoms with van der Waals surface area (Å²) in [6, 6.07) is 12.8. The van der Waals surface area contributed by atoms with Gasteiger partial charge in [-0.15, -0.1) is 0 Å². The zero-order chi connectivity index (χ0) is 13.7. The molecule has 0 aliphatic carbocycles. The Hall–Kier alpha value is -1.61. The number of hydrogen-bond donors (Lipinski definition) is 1. The van der Waals surface area contributed by atoms with Crippen LogP contribution < -0.4 is 5.73 Å². The molecule has 0 spiro atoms. The summed E-state index contributed by atoms with van der Waals surface area (Å²) in [7, 11) is 1.98. The molecule has 1 aromatic heterocycles. The highest BCUT2D eigenvalue weighted by Crippen LogP contribution is 2.18. The van der Waals surface area contributed by atoms with Gasteiger partial charge in [0.15, 0.2) is 0 Å². The third kappa shape index (κ3) is 3.67. The molecular weight excluding hydrogens is 234 g/mol. The van der Waals surface area contributed by atoms with Crippen LogP contribution >= 0.6 is 0 Å². The fraction of sp³-hybridized carbons (Fsp3) is 0.438. The lowest BCUT2D eigenvalue weighted by atomic mass is 10.0. The van der Waals surface area contributed by atoms with Gasteiger partial charge in [0.2, 0.25) is 0 Å². The largest absolute Gasteiger partial charge is 0.323 e. The van der Waals surface area contributed by atoms with E-state index in [1.54, 1.807) is 0 Å². The first-order valence-electron chi connectivity index (χ1n) is 7.03. The Morgan fingerprint density at radius 3 is 2.63 bits per heavy atom. The third-order valence-electron chi connectivity index (χ3n) is 3.53. The minimum absolute atomic E-state index is 0.0847. The molecule has 3 heteroatoms. The fourth-order valence-electron chi connectivity index (χ4n) is 2.38. The quantitative estimate of drug-likeness (QED) is 0.864. The van der Waals surface area contributed by atoms with Gasteiger partial charge < -0.3 is 5.73 Å². The van der Waals surface area contributed by atoms with Crippen LogP contribution in [0.15, 0.2) is 36.4 Å². The molecule has 0 bridgehead atoms. The number of rotatable bonds is 6. The number of aromatic nitrogens is 2. The summed E-state index contributed by atoms with van der Waals surface area (Å²) in [4.78, 5) is 0. The molecule has 2 N–H and O–H groups in total. The van der Waals surface area contributed by atoms with Crippen molar-refractivity contribution in [3.63, 3.8) is 0 Å². The van der Waals surface area contributed by atoms with Crippen molar-refractivity contribution < 1.29 is 0 Å². The van der Waals surface area contributed by atoms with Crippen LogP contribution in [0, 0.1) is 0 Å². The molecule has 0 radical (unpaired) electrons. The van der Waals surface area contributed by atoms with E-state index < -0.39 is 0 Å². The van der Waals surface area contributed by atoms with E-state index in [0.717, 1.165) is 37.1 Å². The SMILES string of the molecule is CCc1cc(C(N)CCCc2ccccc2)n(C)n1. The molecule has 0 aliphatic rings. The first-order valence-corrected chi connectivity index (χ1v) is 7.03. The standard InChI is InChI=1S/C16H23N3/c1-3-14-12-16(19(2)18-14)15(17)11-7-10-13-8-5-4-6-9-13/h4-6,8-9,12,15H,3,7,10-11,17H2,1-2H3. The second-order valence-corrected chi connectivity index (χ2v) is 5.02. The molecule has 1 aromatic carbocycles. The molecule has 0 fully saturated rings. The van der Waals surface area contributed by atoms with E-state index in [2.05, 4.69) is 48.4 Å². The van der Waals surface area contributed by atoms with Gasteiger partial charge in [0.05, 0.1) is 11.4 Å². The smallest absolute Gasteiger partial charge is 0.0625 e. The molecule has 2 rings (SSSR count). The molecule has 3 nitrogen and oxygen atoms in total. The van der Waals surface area contributed by atoms with Gasteiger partial charge in [0, 0.05) is 13.1 Å². The van der Waals surface area contributed by atoms with E-state index in [0.29, 0.717) is 0 Å². The molecule has 19 heavy (non-hydrogen) atoms. The third-order valence-corrected chi connectivity index (χ3v) is 3.53. The molecule has 0 saturated carbocycles. The van der Waals surface area contributed by atoms with Crippen molar-refractivity contribution >= 4 is 0 Å². The number of aryl methyl sites for hydroxylation is 3. The Labute approximate surface area is 115 Å². The first kappa shape index (κ1) is 13.8. The van der Waals surface area contributed by atoms with Crippen molar-refractivity contribution in [1.29, 1.82) is 0 Å². The summed E-state index contributed by atoms with van der Waals surface area (Å²) in [5.74, 6) is 0. The topological polar surface area (TPSA) is 43.8 Å². The van der Waals surface area contributed by atoms with Crippen molar-refractivity contribution in [1.82, 2.24) is 9.78 Å². The Kier molecular flexibility index (Phi) is 4.74. The predicted molar refractivity (Wildman–Crippen MR) is 78.9 cm³/mol. The molecule has 0 saturated heterocycles. The number of nitrogens with two attached hydrogens (primary N) is 1. The highest BCUT2D eigenvalue weighted by Gasteiger charge is 2.12. The summed E-state index contributed by atoms with van der Waals surface area (Å²) >= 11 is 0. The van der Waals surface area contributed by atoms with Crippen molar-refractivity contribution in [3.8, 4) is 0 Å². The van der Waals surface area contributed by atoms with Gasteiger partial charge in [-0.3, -0.25) is 4.68 Å². The van der Waals surface area contributed by atoms with Gasteiger partial charge in [-0.1, -0.05) is 37.3 Å². The summed E-state index contributed by atoms with van der Waals surface area (Å²) < 4.78 is 1.92. The van der Waals surface area contributed by atoms with Crippen molar-refractivity contribution in [2.24, 2.45) is 12.8 Å². The maximum absolute atomic E-state index is 6.27. The highest BCUT2D eigenvalue weighted by molar-refractivity contribution is 5.16. The van der Waals surface area contributed by atoms with Crippen LogP contribution in [0.4, 0.5) is 0 Å². The first-order chi connectivity index (χ1) is 9.20. The zero-order valence-corrected chi connectivity index (χ0v) is 11.8. The Bertz CT molecular complexity index is 502. The number of nitrogens with zero attached hydrogens (tertiary/aromatic N) is 2. The molecule has 1 heterocycles. The van der Waals surface area contributed by atoms with Gasteiger partial charge in [0.25, 0.3) is 0 Å². The van der Waals surface area contributed by atoms with Crippen LogP contribution in [-0.4, -0.2) is 9.78 Å².